The normalized spacial score (nSPS) is 10.3. The van der Waals surface area contributed by atoms with Crippen molar-refractivity contribution in [1.82, 2.24) is 0 Å². The molecule has 0 radical (unpaired) electrons. The zero-order valence-corrected chi connectivity index (χ0v) is 8.96. The molecule has 0 atom stereocenters. The molecule has 0 saturated carbocycles. The number of carboxylic acids is 2. The molecular weight excluding hydrogens is 240 g/mol. The SMILES string of the molecule is O=C(O)C(Sc1ccccc1Cl)C(=O)O. The highest BCUT2D eigenvalue weighted by Gasteiger charge is 2.27. The molecule has 6 heteroatoms. The zero-order valence-electron chi connectivity index (χ0n) is 7.38. The van der Waals surface area contributed by atoms with E-state index in [2.05, 4.69) is 0 Å². The van der Waals surface area contributed by atoms with Crippen LogP contribution in [-0.4, -0.2) is 27.4 Å². The molecule has 1 rings (SSSR count). The highest BCUT2D eigenvalue weighted by atomic mass is 35.5. The Kier molecular flexibility index (Phi) is 3.99. The van der Waals surface area contributed by atoms with Crippen LogP contribution in [-0.2, 0) is 9.59 Å². The Morgan fingerprint density at radius 2 is 1.73 bits per heavy atom. The Morgan fingerprint density at radius 1 is 1.20 bits per heavy atom. The smallest absolute Gasteiger partial charge is 0.328 e. The summed E-state index contributed by atoms with van der Waals surface area (Å²) in [6.45, 7) is 0. The van der Waals surface area contributed by atoms with Gasteiger partial charge >= 0.3 is 11.9 Å². The summed E-state index contributed by atoms with van der Waals surface area (Å²) in [6, 6.07) is 6.49. The first-order chi connectivity index (χ1) is 7.02. The summed E-state index contributed by atoms with van der Waals surface area (Å²) in [5.41, 5.74) is 0. The van der Waals surface area contributed by atoms with E-state index in [9.17, 15) is 9.59 Å². The van der Waals surface area contributed by atoms with Crippen molar-refractivity contribution in [3.63, 3.8) is 0 Å². The van der Waals surface area contributed by atoms with E-state index in [1.807, 2.05) is 0 Å². The van der Waals surface area contributed by atoms with Crippen LogP contribution in [0.15, 0.2) is 29.2 Å². The molecule has 4 nitrogen and oxygen atoms in total. The fourth-order valence-corrected chi connectivity index (χ4v) is 1.94. The molecule has 0 aliphatic carbocycles. The third-order valence-electron chi connectivity index (χ3n) is 1.53. The first-order valence-electron chi connectivity index (χ1n) is 3.89. The summed E-state index contributed by atoms with van der Waals surface area (Å²) in [4.78, 5) is 21.7. The molecule has 1 aromatic rings. The van der Waals surface area contributed by atoms with Crippen molar-refractivity contribution in [1.29, 1.82) is 0 Å². The number of carbonyl (C=O) groups is 2. The highest BCUT2D eigenvalue weighted by molar-refractivity contribution is 8.01. The lowest BCUT2D eigenvalue weighted by Gasteiger charge is -2.07. The van der Waals surface area contributed by atoms with Gasteiger partial charge in [-0.1, -0.05) is 35.5 Å². The Labute approximate surface area is 94.9 Å². The molecule has 0 fully saturated rings. The maximum atomic E-state index is 10.6. The summed E-state index contributed by atoms with van der Waals surface area (Å²) < 4.78 is 0. The molecule has 2 N–H and O–H groups in total. The number of hydrogen-bond donors (Lipinski definition) is 2. The van der Waals surface area contributed by atoms with Gasteiger partial charge in [0, 0.05) is 4.90 Å². The van der Waals surface area contributed by atoms with Gasteiger partial charge in [-0.2, -0.15) is 0 Å². The number of carboxylic acid groups (broad SMARTS) is 2. The molecular formula is C9H7ClO4S. The zero-order chi connectivity index (χ0) is 11.4. The molecule has 0 aliphatic heterocycles. The standard InChI is InChI=1S/C9H7ClO4S/c10-5-3-1-2-4-6(5)15-7(8(11)12)9(13)14/h1-4,7H,(H,11,12)(H,13,14). The van der Waals surface area contributed by atoms with Crippen LogP contribution in [0.1, 0.15) is 0 Å². The number of benzene rings is 1. The average Bonchev–Trinajstić information content (AvgIpc) is 2.15. The molecule has 0 spiro atoms. The Morgan fingerprint density at radius 3 is 2.20 bits per heavy atom. The maximum Gasteiger partial charge on any atom is 0.328 e. The van der Waals surface area contributed by atoms with E-state index in [-0.39, 0.29) is 0 Å². The topological polar surface area (TPSA) is 74.6 Å². The predicted molar refractivity (Wildman–Crippen MR) is 56.4 cm³/mol. The maximum absolute atomic E-state index is 10.6. The Bertz CT molecular complexity index is 379. The number of halogens is 1. The van der Waals surface area contributed by atoms with Crippen molar-refractivity contribution in [2.24, 2.45) is 0 Å². The summed E-state index contributed by atoms with van der Waals surface area (Å²) in [7, 11) is 0. The van der Waals surface area contributed by atoms with Crippen LogP contribution in [0.3, 0.4) is 0 Å². The minimum atomic E-state index is -1.54. The van der Waals surface area contributed by atoms with E-state index in [0.717, 1.165) is 0 Å². The van der Waals surface area contributed by atoms with E-state index in [1.165, 1.54) is 0 Å². The average molecular weight is 247 g/mol. The van der Waals surface area contributed by atoms with Crippen LogP contribution < -0.4 is 0 Å². The van der Waals surface area contributed by atoms with E-state index in [1.54, 1.807) is 24.3 Å². The van der Waals surface area contributed by atoms with Crippen LogP contribution in [0.4, 0.5) is 0 Å². The van der Waals surface area contributed by atoms with Crippen LogP contribution in [0, 0.1) is 0 Å². The third-order valence-corrected chi connectivity index (χ3v) is 3.22. The van der Waals surface area contributed by atoms with E-state index in [0.29, 0.717) is 21.7 Å². The Hall–Kier alpha value is -1.20. The largest absolute Gasteiger partial charge is 0.480 e. The molecule has 0 saturated heterocycles. The van der Waals surface area contributed by atoms with Crippen LogP contribution in [0.25, 0.3) is 0 Å². The lowest BCUT2D eigenvalue weighted by Crippen LogP contribution is -2.26. The minimum absolute atomic E-state index is 0.343. The molecule has 0 aromatic heterocycles. The lowest BCUT2D eigenvalue weighted by atomic mass is 10.4. The third kappa shape index (κ3) is 3.14. The predicted octanol–water partition coefficient (Wildman–Crippen LogP) is 1.97. The van der Waals surface area contributed by atoms with Gasteiger partial charge in [-0.3, -0.25) is 9.59 Å². The second-order valence-corrected chi connectivity index (χ2v) is 4.16. The van der Waals surface area contributed by atoms with Crippen molar-refractivity contribution in [3.05, 3.63) is 29.3 Å². The van der Waals surface area contributed by atoms with Crippen molar-refractivity contribution in [2.45, 2.75) is 10.1 Å². The van der Waals surface area contributed by atoms with Gasteiger partial charge in [-0.05, 0) is 12.1 Å². The van der Waals surface area contributed by atoms with Gasteiger partial charge < -0.3 is 10.2 Å². The molecule has 0 amide bonds. The monoisotopic (exact) mass is 246 g/mol. The van der Waals surface area contributed by atoms with E-state index >= 15 is 0 Å². The van der Waals surface area contributed by atoms with Crippen molar-refractivity contribution >= 4 is 35.3 Å². The van der Waals surface area contributed by atoms with Crippen LogP contribution in [0.5, 0.6) is 0 Å². The van der Waals surface area contributed by atoms with Crippen molar-refractivity contribution in [2.75, 3.05) is 0 Å². The highest BCUT2D eigenvalue weighted by Crippen LogP contribution is 2.30. The van der Waals surface area contributed by atoms with Gasteiger partial charge in [0.1, 0.15) is 0 Å². The van der Waals surface area contributed by atoms with Gasteiger partial charge in [-0.15, -0.1) is 0 Å². The first kappa shape index (κ1) is 11.9. The summed E-state index contributed by atoms with van der Waals surface area (Å²) in [6.07, 6.45) is 0. The second kappa shape index (κ2) is 5.04. The second-order valence-electron chi connectivity index (χ2n) is 2.60. The molecule has 0 bridgehead atoms. The van der Waals surface area contributed by atoms with E-state index < -0.39 is 17.2 Å². The Balaban J connectivity index is 2.88. The molecule has 0 aliphatic rings. The quantitative estimate of drug-likeness (QED) is 0.628. The summed E-state index contributed by atoms with van der Waals surface area (Å²) >= 11 is 6.47. The fraction of sp³-hybridized carbons (Fsp3) is 0.111. The summed E-state index contributed by atoms with van der Waals surface area (Å²) in [5, 5.41) is 16.1. The van der Waals surface area contributed by atoms with Gasteiger partial charge in [0.05, 0.1) is 5.02 Å². The van der Waals surface area contributed by atoms with Crippen LogP contribution >= 0.6 is 23.4 Å². The van der Waals surface area contributed by atoms with Gasteiger partial charge in [0.2, 0.25) is 5.25 Å². The summed E-state index contributed by atoms with van der Waals surface area (Å²) in [5.74, 6) is -2.79. The number of thioether (sulfide) groups is 1. The van der Waals surface area contributed by atoms with Gasteiger partial charge in [0.15, 0.2) is 0 Å². The molecule has 0 unspecified atom stereocenters. The number of hydrogen-bond acceptors (Lipinski definition) is 3. The molecule has 15 heavy (non-hydrogen) atoms. The minimum Gasteiger partial charge on any atom is -0.480 e. The molecule has 0 heterocycles. The number of aliphatic carboxylic acids is 2. The lowest BCUT2D eigenvalue weighted by molar-refractivity contribution is -0.146. The molecule has 80 valence electrons. The van der Waals surface area contributed by atoms with Crippen molar-refractivity contribution < 1.29 is 19.8 Å². The van der Waals surface area contributed by atoms with Crippen molar-refractivity contribution in [3.8, 4) is 0 Å². The first-order valence-corrected chi connectivity index (χ1v) is 5.15. The van der Waals surface area contributed by atoms with Gasteiger partial charge in [-0.25, -0.2) is 0 Å². The van der Waals surface area contributed by atoms with E-state index in [4.69, 9.17) is 21.8 Å². The fourth-order valence-electron chi connectivity index (χ4n) is 0.874. The number of rotatable bonds is 4. The van der Waals surface area contributed by atoms with Crippen LogP contribution in [0.2, 0.25) is 5.02 Å². The molecule has 1 aromatic carbocycles. The van der Waals surface area contributed by atoms with Gasteiger partial charge in [0.25, 0.3) is 0 Å².